The Balaban J connectivity index is 1.65. The van der Waals surface area contributed by atoms with E-state index in [0.717, 1.165) is 38.8 Å². The van der Waals surface area contributed by atoms with Gasteiger partial charge in [0.15, 0.2) is 0 Å². The standard InChI is InChI=1S/C15H20N2O/c18-15(12-7-9-16-10-8-12)17-14-6-5-11-3-1-2-4-13(11)14/h1-4,12,14,16H,5-10H2,(H,17,18). The fraction of sp³-hybridized carbons (Fsp3) is 0.533. The Morgan fingerprint density at radius 2 is 1.94 bits per heavy atom. The molecule has 1 aromatic carbocycles. The van der Waals surface area contributed by atoms with Crippen molar-refractivity contribution in [2.75, 3.05) is 13.1 Å². The van der Waals surface area contributed by atoms with E-state index >= 15 is 0 Å². The third-order valence-corrected chi connectivity index (χ3v) is 4.16. The lowest BCUT2D eigenvalue weighted by molar-refractivity contribution is -0.126. The fourth-order valence-corrected chi connectivity index (χ4v) is 3.08. The molecule has 3 nitrogen and oxygen atoms in total. The van der Waals surface area contributed by atoms with Gasteiger partial charge in [0.2, 0.25) is 5.91 Å². The first-order valence-electron chi connectivity index (χ1n) is 6.93. The SMILES string of the molecule is O=C(NC1CCc2ccccc21)C1CCNCC1. The molecule has 3 heteroatoms. The van der Waals surface area contributed by atoms with E-state index in [9.17, 15) is 4.79 Å². The van der Waals surface area contributed by atoms with Crippen LogP contribution in [0.2, 0.25) is 0 Å². The average molecular weight is 244 g/mol. The van der Waals surface area contributed by atoms with Crippen LogP contribution in [0.1, 0.15) is 36.4 Å². The van der Waals surface area contributed by atoms with E-state index in [1.54, 1.807) is 0 Å². The van der Waals surface area contributed by atoms with Crippen LogP contribution >= 0.6 is 0 Å². The largest absolute Gasteiger partial charge is 0.349 e. The normalized spacial score (nSPS) is 23.7. The molecule has 1 aromatic rings. The van der Waals surface area contributed by atoms with E-state index < -0.39 is 0 Å². The lowest BCUT2D eigenvalue weighted by atomic mass is 9.96. The highest BCUT2D eigenvalue weighted by atomic mass is 16.1. The summed E-state index contributed by atoms with van der Waals surface area (Å²) in [5.41, 5.74) is 2.72. The third-order valence-electron chi connectivity index (χ3n) is 4.16. The highest BCUT2D eigenvalue weighted by molar-refractivity contribution is 5.79. The summed E-state index contributed by atoms with van der Waals surface area (Å²) in [4.78, 5) is 12.2. The minimum atomic E-state index is 0.207. The Labute approximate surface area is 108 Å². The van der Waals surface area contributed by atoms with Gasteiger partial charge in [0.05, 0.1) is 6.04 Å². The molecule has 96 valence electrons. The fourth-order valence-electron chi connectivity index (χ4n) is 3.08. The minimum absolute atomic E-state index is 0.207. The molecule has 1 aliphatic carbocycles. The number of carbonyl (C=O) groups is 1. The Hall–Kier alpha value is -1.35. The molecule has 0 spiro atoms. The van der Waals surface area contributed by atoms with E-state index in [0.29, 0.717) is 0 Å². The highest BCUT2D eigenvalue weighted by Gasteiger charge is 2.27. The van der Waals surface area contributed by atoms with Crippen molar-refractivity contribution in [2.45, 2.75) is 31.7 Å². The highest BCUT2D eigenvalue weighted by Crippen LogP contribution is 2.31. The Morgan fingerprint density at radius 3 is 2.78 bits per heavy atom. The van der Waals surface area contributed by atoms with E-state index in [-0.39, 0.29) is 17.9 Å². The van der Waals surface area contributed by atoms with E-state index in [1.165, 1.54) is 11.1 Å². The molecule has 2 aliphatic rings. The maximum atomic E-state index is 12.2. The van der Waals surface area contributed by atoms with Gasteiger partial charge in [-0.15, -0.1) is 0 Å². The van der Waals surface area contributed by atoms with Gasteiger partial charge >= 0.3 is 0 Å². The third kappa shape index (κ3) is 2.27. The van der Waals surface area contributed by atoms with E-state index in [4.69, 9.17) is 0 Å². The first-order valence-corrected chi connectivity index (χ1v) is 6.93. The zero-order valence-corrected chi connectivity index (χ0v) is 10.6. The van der Waals surface area contributed by atoms with Crippen molar-refractivity contribution in [1.29, 1.82) is 0 Å². The number of fused-ring (bicyclic) bond motifs is 1. The predicted molar refractivity (Wildman–Crippen MR) is 71.2 cm³/mol. The Morgan fingerprint density at radius 1 is 1.17 bits per heavy atom. The molecule has 1 atom stereocenters. The molecular formula is C15H20N2O. The average Bonchev–Trinajstić information content (AvgIpc) is 2.83. The van der Waals surface area contributed by atoms with Gasteiger partial charge in [-0.1, -0.05) is 24.3 Å². The number of nitrogens with one attached hydrogen (secondary N) is 2. The van der Waals surface area contributed by atoms with Gasteiger partial charge in [-0.05, 0) is 49.9 Å². The molecule has 0 bridgehead atoms. The van der Waals surface area contributed by atoms with Crippen molar-refractivity contribution in [3.05, 3.63) is 35.4 Å². The topological polar surface area (TPSA) is 41.1 Å². The van der Waals surface area contributed by atoms with Crippen LogP contribution in [0.25, 0.3) is 0 Å². The van der Waals surface area contributed by atoms with Crippen molar-refractivity contribution < 1.29 is 4.79 Å². The molecule has 0 saturated carbocycles. The first kappa shape index (κ1) is 11.7. The van der Waals surface area contributed by atoms with Gasteiger partial charge in [-0.25, -0.2) is 0 Å². The van der Waals surface area contributed by atoms with Crippen LogP contribution in [0.15, 0.2) is 24.3 Å². The molecule has 0 radical (unpaired) electrons. The van der Waals surface area contributed by atoms with Crippen molar-refractivity contribution in [3.8, 4) is 0 Å². The number of rotatable bonds is 2. The monoisotopic (exact) mass is 244 g/mol. The Kier molecular flexibility index (Phi) is 3.33. The van der Waals surface area contributed by atoms with Crippen molar-refractivity contribution in [3.63, 3.8) is 0 Å². The maximum Gasteiger partial charge on any atom is 0.223 e. The lowest BCUT2D eigenvalue weighted by Gasteiger charge is -2.24. The minimum Gasteiger partial charge on any atom is -0.349 e. The second kappa shape index (κ2) is 5.11. The molecule has 1 aliphatic heterocycles. The van der Waals surface area contributed by atoms with Gasteiger partial charge in [0.1, 0.15) is 0 Å². The zero-order chi connectivity index (χ0) is 12.4. The van der Waals surface area contributed by atoms with Crippen LogP contribution in [0, 0.1) is 5.92 Å². The van der Waals surface area contributed by atoms with E-state index in [2.05, 4.69) is 34.9 Å². The maximum absolute atomic E-state index is 12.2. The van der Waals surface area contributed by atoms with Crippen LogP contribution in [-0.4, -0.2) is 19.0 Å². The second-order valence-electron chi connectivity index (χ2n) is 5.32. The molecule has 18 heavy (non-hydrogen) atoms. The smallest absolute Gasteiger partial charge is 0.223 e. The summed E-state index contributed by atoms with van der Waals surface area (Å²) < 4.78 is 0. The summed E-state index contributed by atoms with van der Waals surface area (Å²) in [7, 11) is 0. The number of aryl methyl sites for hydroxylation is 1. The molecule has 2 N–H and O–H groups in total. The van der Waals surface area contributed by atoms with Gasteiger partial charge in [0, 0.05) is 5.92 Å². The summed E-state index contributed by atoms with van der Waals surface area (Å²) in [5.74, 6) is 0.456. The number of piperidine rings is 1. The second-order valence-corrected chi connectivity index (χ2v) is 5.32. The molecular weight excluding hydrogens is 224 g/mol. The summed E-state index contributed by atoms with van der Waals surface area (Å²) in [6, 6.07) is 8.70. The van der Waals surface area contributed by atoms with Crippen LogP contribution in [0.5, 0.6) is 0 Å². The molecule has 1 heterocycles. The van der Waals surface area contributed by atoms with Gasteiger partial charge in [0.25, 0.3) is 0 Å². The van der Waals surface area contributed by atoms with Gasteiger partial charge < -0.3 is 10.6 Å². The molecule has 1 saturated heterocycles. The van der Waals surface area contributed by atoms with Crippen LogP contribution in [-0.2, 0) is 11.2 Å². The Bertz CT molecular complexity index is 438. The summed E-state index contributed by atoms with van der Waals surface area (Å²) in [6.07, 6.45) is 4.09. The molecule has 1 fully saturated rings. The number of carbonyl (C=O) groups excluding carboxylic acids is 1. The van der Waals surface area contributed by atoms with Gasteiger partial charge in [-0.3, -0.25) is 4.79 Å². The van der Waals surface area contributed by atoms with Crippen molar-refractivity contribution in [1.82, 2.24) is 10.6 Å². The number of hydrogen-bond donors (Lipinski definition) is 2. The van der Waals surface area contributed by atoms with E-state index in [1.807, 2.05) is 0 Å². The summed E-state index contributed by atoms with van der Waals surface area (Å²) in [5, 5.41) is 6.54. The van der Waals surface area contributed by atoms with Crippen LogP contribution in [0.3, 0.4) is 0 Å². The van der Waals surface area contributed by atoms with Crippen molar-refractivity contribution >= 4 is 5.91 Å². The summed E-state index contributed by atoms with van der Waals surface area (Å²) in [6.45, 7) is 1.94. The number of benzene rings is 1. The molecule has 1 unspecified atom stereocenters. The van der Waals surface area contributed by atoms with Gasteiger partial charge in [-0.2, -0.15) is 0 Å². The van der Waals surface area contributed by atoms with Crippen LogP contribution in [0.4, 0.5) is 0 Å². The van der Waals surface area contributed by atoms with Crippen molar-refractivity contribution in [2.24, 2.45) is 5.92 Å². The predicted octanol–water partition coefficient (Wildman–Crippen LogP) is 1.79. The molecule has 1 amide bonds. The molecule has 0 aromatic heterocycles. The van der Waals surface area contributed by atoms with Crippen LogP contribution < -0.4 is 10.6 Å². The quantitative estimate of drug-likeness (QED) is 0.832. The zero-order valence-electron chi connectivity index (χ0n) is 10.6. The first-order chi connectivity index (χ1) is 8.84. The lowest BCUT2D eigenvalue weighted by Crippen LogP contribution is -2.39. The number of amides is 1. The molecule has 3 rings (SSSR count). The number of hydrogen-bond acceptors (Lipinski definition) is 2. The summed E-state index contributed by atoms with van der Waals surface area (Å²) >= 11 is 0.